The molecule has 0 aromatic carbocycles. The van der Waals surface area contributed by atoms with E-state index in [2.05, 4.69) is 11.3 Å². The van der Waals surface area contributed by atoms with E-state index in [4.69, 9.17) is 13.3 Å². The molecule has 0 amide bonds. The minimum atomic E-state index is -3.79. The van der Waals surface area contributed by atoms with Crippen molar-refractivity contribution in [1.82, 2.24) is 0 Å². The van der Waals surface area contributed by atoms with Crippen LogP contribution in [0, 0.1) is 0 Å². The molecular formula is C10H14O8Si. The van der Waals surface area contributed by atoms with E-state index in [-0.39, 0.29) is 0 Å². The highest BCUT2D eigenvalue weighted by molar-refractivity contribution is 6.64. The highest BCUT2D eigenvalue weighted by Gasteiger charge is 2.46. The lowest BCUT2D eigenvalue weighted by molar-refractivity contribution is -0.156. The quantitative estimate of drug-likeness (QED) is 0.381. The van der Waals surface area contributed by atoms with Crippen molar-refractivity contribution in [2.75, 3.05) is 6.61 Å². The first kappa shape index (κ1) is 16.8. The van der Waals surface area contributed by atoms with Gasteiger partial charge in [-0.2, -0.15) is 0 Å². The van der Waals surface area contributed by atoms with Crippen molar-refractivity contribution in [3.05, 3.63) is 12.7 Å². The summed E-state index contributed by atoms with van der Waals surface area (Å²) in [4.78, 5) is 43.8. The predicted octanol–water partition coefficient (Wildman–Crippen LogP) is -0.0463. The fourth-order valence-electron chi connectivity index (χ4n) is 1.01. The van der Waals surface area contributed by atoms with Gasteiger partial charge in [0.2, 0.25) is 0 Å². The molecule has 0 atom stereocenters. The number of carbonyl (C=O) groups is 4. The van der Waals surface area contributed by atoms with Gasteiger partial charge >= 0.3 is 20.7 Å². The average molecular weight is 290 g/mol. The molecule has 0 rings (SSSR count). The number of ether oxygens (including phenoxy) is 1. The zero-order valence-electron chi connectivity index (χ0n) is 10.8. The molecule has 0 N–H and O–H groups in total. The molecule has 0 bridgehead atoms. The molecule has 0 aliphatic carbocycles. The second kappa shape index (κ2) is 7.31. The molecule has 0 saturated carbocycles. The average Bonchev–Trinajstić information content (AvgIpc) is 2.22. The molecule has 0 unspecified atom stereocenters. The van der Waals surface area contributed by atoms with Gasteiger partial charge in [0.15, 0.2) is 6.61 Å². The van der Waals surface area contributed by atoms with Crippen molar-refractivity contribution in [3.63, 3.8) is 0 Å². The van der Waals surface area contributed by atoms with Gasteiger partial charge in [0.1, 0.15) is 0 Å². The summed E-state index contributed by atoms with van der Waals surface area (Å²) in [7, 11) is -3.79. The lowest BCUT2D eigenvalue weighted by Crippen LogP contribution is -2.47. The molecule has 0 aromatic heterocycles. The van der Waals surface area contributed by atoms with Gasteiger partial charge in [0, 0.05) is 26.5 Å². The van der Waals surface area contributed by atoms with E-state index in [9.17, 15) is 19.2 Å². The highest BCUT2D eigenvalue weighted by Crippen LogP contribution is 2.10. The third kappa shape index (κ3) is 7.71. The van der Waals surface area contributed by atoms with Crippen LogP contribution in [0.4, 0.5) is 0 Å². The Bertz CT molecular complexity index is 386. The molecule has 0 aliphatic rings. The number of carbonyl (C=O) groups excluding carboxylic acids is 4. The van der Waals surface area contributed by atoms with Gasteiger partial charge in [-0.15, -0.1) is 0 Å². The summed E-state index contributed by atoms with van der Waals surface area (Å²) in [5.41, 5.74) is 0. The molecule has 0 aromatic rings. The maximum absolute atomic E-state index is 11.4. The molecule has 0 aliphatic heterocycles. The topological polar surface area (TPSA) is 105 Å². The Labute approximate surface area is 110 Å². The van der Waals surface area contributed by atoms with E-state index in [1.807, 2.05) is 0 Å². The van der Waals surface area contributed by atoms with Crippen molar-refractivity contribution in [3.8, 4) is 0 Å². The highest BCUT2D eigenvalue weighted by atomic mass is 28.4. The molecule has 0 spiro atoms. The second-order valence-corrected chi connectivity index (χ2v) is 5.67. The SMILES string of the molecule is C=CC(=O)OCC(=O)O[Si](C)(OC(C)=O)OC(C)=O. The molecule has 9 heteroatoms. The van der Waals surface area contributed by atoms with Gasteiger partial charge in [-0.1, -0.05) is 6.58 Å². The number of esters is 1. The Hall–Kier alpha value is -2.16. The molecule has 0 heterocycles. The number of hydrogen-bond acceptors (Lipinski definition) is 8. The molecule has 0 radical (unpaired) electrons. The molecule has 0 saturated heterocycles. The summed E-state index contributed by atoms with van der Waals surface area (Å²) in [6.45, 7) is 5.75. The Balaban J connectivity index is 4.58. The zero-order valence-corrected chi connectivity index (χ0v) is 11.8. The maximum Gasteiger partial charge on any atom is 0.701 e. The van der Waals surface area contributed by atoms with E-state index in [1.54, 1.807) is 0 Å². The first-order valence-electron chi connectivity index (χ1n) is 5.08. The minimum absolute atomic E-state index is 0.712. The third-order valence-electron chi connectivity index (χ3n) is 1.46. The first-order chi connectivity index (χ1) is 8.68. The standard InChI is InChI=1S/C10H14O8Si/c1-5-9(13)15-6-10(14)18-19(4,16-7(2)11)17-8(3)12/h5H,1,6H2,2-4H3. The largest absolute Gasteiger partial charge is 0.701 e. The van der Waals surface area contributed by atoms with Crippen molar-refractivity contribution in [2.24, 2.45) is 0 Å². The molecule has 0 fully saturated rings. The molecule has 19 heavy (non-hydrogen) atoms. The van der Waals surface area contributed by atoms with Gasteiger partial charge in [0.25, 0.3) is 11.9 Å². The second-order valence-electron chi connectivity index (χ2n) is 3.34. The van der Waals surface area contributed by atoms with Gasteiger partial charge in [0.05, 0.1) is 0 Å². The van der Waals surface area contributed by atoms with Crippen LogP contribution in [0.3, 0.4) is 0 Å². The van der Waals surface area contributed by atoms with Crippen LogP contribution in [0.15, 0.2) is 12.7 Å². The van der Waals surface area contributed by atoms with E-state index >= 15 is 0 Å². The van der Waals surface area contributed by atoms with Crippen LogP contribution in [0.1, 0.15) is 13.8 Å². The van der Waals surface area contributed by atoms with Crippen molar-refractivity contribution in [1.29, 1.82) is 0 Å². The summed E-state index contributed by atoms with van der Waals surface area (Å²) in [5.74, 6) is -3.37. The fourth-order valence-corrected chi connectivity index (χ4v) is 2.65. The summed E-state index contributed by atoms with van der Waals surface area (Å²) in [6, 6.07) is 0. The van der Waals surface area contributed by atoms with Gasteiger partial charge in [-0.25, -0.2) is 9.59 Å². The van der Waals surface area contributed by atoms with Crippen LogP contribution in [-0.2, 0) is 37.2 Å². The molecule has 8 nitrogen and oxygen atoms in total. The van der Waals surface area contributed by atoms with Crippen LogP contribution >= 0.6 is 0 Å². The zero-order chi connectivity index (χ0) is 15.1. The summed E-state index contributed by atoms with van der Waals surface area (Å²) in [5, 5.41) is 0. The Kier molecular flexibility index (Phi) is 6.48. The van der Waals surface area contributed by atoms with E-state index in [1.165, 1.54) is 6.55 Å². The third-order valence-corrected chi connectivity index (χ3v) is 3.37. The number of rotatable bonds is 6. The van der Waals surface area contributed by atoms with Crippen molar-refractivity contribution < 1.29 is 37.2 Å². The van der Waals surface area contributed by atoms with Crippen molar-refractivity contribution >= 4 is 32.7 Å². The minimum Gasteiger partial charge on any atom is -0.455 e. The van der Waals surface area contributed by atoms with Gasteiger partial charge < -0.3 is 18.0 Å². The smallest absolute Gasteiger partial charge is 0.455 e. The molecule has 106 valence electrons. The van der Waals surface area contributed by atoms with Crippen molar-refractivity contribution in [2.45, 2.75) is 20.4 Å². The van der Waals surface area contributed by atoms with Crippen LogP contribution in [0.25, 0.3) is 0 Å². The first-order valence-corrected chi connectivity index (χ1v) is 7.31. The summed E-state index contributed by atoms with van der Waals surface area (Å²) >= 11 is 0. The lowest BCUT2D eigenvalue weighted by atomic mass is 10.6. The monoisotopic (exact) mass is 290 g/mol. The maximum atomic E-state index is 11.4. The van der Waals surface area contributed by atoms with Crippen LogP contribution in [0.5, 0.6) is 0 Å². The predicted molar refractivity (Wildman–Crippen MR) is 62.4 cm³/mol. The fraction of sp³-hybridized carbons (Fsp3) is 0.400. The van der Waals surface area contributed by atoms with Crippen LogP contribution < -0.4 is 0 Å². The molecular weight excluding hydrogens is 276 g/mol. The normalized spacial score (nSPS) is 10.1. The van der Waals surface area contributed by atoms with Crippen LogP contribution in [-0.4, -0.2) is 39.3 Å². The number of hydrogen-bond donors (Lipinski definition) is 0. The van der Waals surface area contributed by atoms with E-state index < -0.39 is 39.3 Å². The lowest BCUT2D eigenvalue weighted by Gasteiger charge is -2.22. The van der Waals surface area contributed by atoms with Crippen LogP contribution in [0.2, 0.25) is 6.55 Å². The van der Waals surface area contributed by atoms with E-state index in [0.29, 0.717) is 0 Å². The van der Waals surface area contributed by atoms with E-state index in [0.717, 1.165) is 19.9 Å². The Morgan fingerprint density at radius 3 is 1.89 bits per heavy atom. The Morgan fingerprint density at radius 1 is 1.05 bits per heavy atom. The summed E-state index contributed by atoms with van der Waals surface area (Å²) < 4.78 is 18.6. The Morgan fingerprint density at radius 2 is 1.53 bits per heavy atom. The summed E-state index contributed by atoms with van der Waals surface area (Å²) in [6.07, 6.45) is 0.863. The van der Waals surface area contributed by atoms with Gasteiger partial charge in [-0.05, 0) is 0 Å². The van der Waals surface area contributed by atoms with Gasteiger partial charge in [-0.3, -0.25) is 9.59 Å².